The molecule has 0 radical (unpaired) electrons. The minimum absolute atomic E-state index is 0.262. The Morgan fingerprint density at radius 1 is 0.692 bits per heavy atom. The highest BCUT2D eigenvalue weighted by molar-refractivity contribution is 5.83. The highest BCUT2D eigenvalue weighted by Gasteiger charge is 2.08. The summed E-state index contributed by atoms with van der Waals surface area (Å²) in [5.74, 6) is 0.709. The third-order valence-corrected chi connectivity index (χ3v) is 4.78. The minimum Gasteiger partial charge on any atom is -0.383 e. The van der Waals surface area contributed by atoms with Crippen molar-refractivity contribution in [3.05, 3.63) is 72.3 Å². The van der Waals surface area contributed by atoms with E-state index < -0.39 is 0 Å². The van der Waals surface area contributed by atoms with Gasteiger partial charge >= 0.3 is 0 Å². The lowest BCUT2D eigenvalue weighted by atomic mass is 10.0. The van der Waals surface area contributed by atoms with Gasteiger partial charge in [-0.1, -0.05) is 50.2 Å². The zero-order valence-electron chi connectivity index (χ0n) is 16.3. The molecule has 3 rings (SSSR count). The molecule has 2 N–H and O–H groups in total. The van der Waals surface area contributed by atoms with Crippen LogP contribution in [-0.4, -0.2) is 6.04 Å². The van der Waals surface area contributed by atoms with Crippen molar-refractivity contribution in [2.75, 3.05) is 10.6 Å². The fourth-order valence-electron chi connectivity index (χ4n) is 3.52. The van der Waals surface area contributed by atoms with E-state index in [9.17, 15) is 0 Å². The van der Waals surface area contributed by atoms with Crippen LogP contribution in [0.5, 0.6) is 0 Å². The van der Waals surface area contributed by atoms with Gasteiger partial charge in [-0.2, -0.15) is 0 Å². The third-order valence-electron chi connectivity index (χ3n) is 4.78. The molecule has 0 aromatic heterocycles. The van der Waals surface area contributed by atoms with E-state index in [4.69, 9.17) is 0 Å². The smallest absolute Gasteiger partial charge is 0.0485 e. The SMILES string of the molecule is CC(C)CC(C)Nc1ccc(NC(C)c2ccc3ccccc3c2)cc1. The fraction of sp³-hybridized carbons (Fsp3) is 0.333. The molecule has 0 saturated carbocycles. The molecule has 26 heavy (non-hydrogen) atoms. The highest BCUT2D eigenvalue weighted by atomic mass is 14.9. The van der Waals surface area contributed by atoms with Crippen LogP contribution in [0.15, 0.2) is 66.7 Å². The van der Waals surface area contributed by atoms with Crippen LogP contribution >= 0.6 is 0 Å². The molecule has 3 aromatic carbocycles. The molecule has 0 amide bonds. The van der Waals surface area contributed by atoms with E-state index in [0.717, 1.165) is 5.69 Å². The van der Waals surface area contributed by atoms with Crippen LogP contribution in [0.25, 0.3) is 10.8 Å². The van der Waals surface area contributed by atoms with E-state index in [1.165, 1.54) is 28.4 Å². The predicted molar refractivity (Wildman–Crippen MR) is 115 cm³/mol. The van der Waals surface area contributed by atoms with Crippen LogP contribution in [0.2, 0.25) is 0 Å². The number of benzene rings is 3. The summed E-state index contributed by atoms with van der Waals surface area (Å²) >= 11 is 0. The summed E-state index contributed by atoms with van der Waals surface area (Å²) in [4.78, 5) is 0. The van der Waals surface area contributed by atoms with Crippen molar-refractivity contribution in [2.24, 2.45) is 5.92 Å². The molecule has 0 saturated heterocycles. The van der Waals surface area contributed by atoms with Crippen molar-refractivity contribution in [2.45, 2.75) is 46.2 Å². The number of hydrogen-bond donors (Lipinski definition) is 2. The normalized spacial score (nSPS) is 13.6. The van der Waals surface area contributed by atoms with Crippen molar-refractivity contribution in [3.63, 3.8) is 0 Å². The Morgan fingerprint density at radius 3 is 1.96 bits per heavy atom. The first kappa shape index (κ1) is 18.3. The van der Waals surface area contributed by atoms with E-state index in [1.54, 1.807) is 0 Å². The minimum atomic E-state index is 0.262. The van der Waals surface area contributed by atoms with E-state index in [-0.39, 0.29) is 6.04 Å². The summed E-state index contributed by atoms with van der Waals surface area (Å²) in [6, 6.07) is 24.6. The Balaban J connectivity index is 1.64. The van der Waals surface area contributed by atoms with Crippen molar-refractivity contribution < 1.29 is 0 Å². The molecular weight excluding hydrogens is 316 g/mol. The maximum Gasteiger partial charge on any atom is 0.0485 e. The summed E-state index contributed by atoms with van der Waals surface area (Å²) in [6.45, 7) is 8.98. The third kappa shape index (κ3) is 4.78. The second kappa shape index (κ2) is 8.27. The summed E-state index contributed by atoms with van der Waals surface area (Å²) < 4.78 is 0. The molecule has 0 heterocycles. The zero-order chi connectivity index (χ0) is 18.5. The molecule has 0 spiro atoms. The predicted octanol–water partition coefficient (Wildman–Crippen LogP) is 6.86. The molecule has 0 aliphatic rings. The van der Waals surface area contributed by atoms with Crippen molar-refractivity contribution >= 4 is 22.1 Å². The van der Waals surface area contributed by atoms with E-state index in [2.05, 4.69) is 105 Å². The van der Waals surface area contributed by atoms with Crippen LogP contribution < -0.4 is 10.6 Å². The van der Waals surface area contributed by atoms with Gasteiger partial charge in [0.05, 0.1) is 0 Å². The highest BCUT2D eigenvalue weighted by Crippen LogP contribution is 2.24. The number of rotatable bonds is 7. The average Bonchev–Trinajstić information content (AvgIpc) is 2.62. The van der Waals surface area contributed by atoms with Crippen LogP contribution in [0, 0.1) is 5.92 Å². The van der Waals surface area contributed by atoms with Crippen LogP contribution in [0.4, 0.5) is 11.4 Å². The molecule has 2 atom stereocenters. The average molecular weight is 347 g/mol. The van der Waals surface area contributed by atoms with Gasteiger partial charge in [0.1, 0.15) is 0 Å². The summed E-state index contributed by atoms with van der Waals surface area (Å²) in [7, 11) is 0. The maximum atomic E-state index is 3.61. The summed E-state index contributed by atoms with van der Waals surface area (Å²) in [6.07, 6.45) is 1.18. The first-order valence-electron chi connectivity index (χ1n) is 9.63. The lowest BCUT2D eigenvalue weighted by molar-refractivity contribution is 0.540. The van der Waals surface area contributed by atoms with Gasteiger partial charge in [0.25, 0.3) is 0 Å². The number of hydrogen-bond acceptors (Lipinski definition) is 2. The van der Waals surface area contributed by atoms with Crippen molar-refractivity contribution in [1.82, 2.24) is 0 Å². The second-order valence-electron chi connectivity index (χ2n) is 7.72. The molecule has 136 valence electrons. The van der Waals surface area contributed by atoms with Gasteiger partial charge < -0.3 is 10.6 Å². The second-order valence-corrected chi connectivity index (χ2v) is 7.72. The quantitative estimate of drug-likeness (QED) is 0.488. The molecular formula is C24H30N2. The first-order valence-corrected chi connectivity index (χ1v) is 9.63. The number of fused-ring (bicyclic) bond motifs is 1. The molecule has 0 fully saturated rings. The van der Waals surface area contributed by atoms with Gasteiger partial charge in [0, 0.05) is 23.5 Å². The van der Waals surface area contributed by atoms with Gasteiger partial charge in [-0.25, -0.2) is 0 Å². The van der Waals surface area contributed by atoms with Crippen LogP contribution in [-0.2, 0) is 0 Å². The number of anilines is 2. The maximum absolute atomic E-state index is 3.61. The molecule has 0 aliphatic carbocycles. The van der Waals surface area contributed by atoms with Gasteiger partial charge in [-0.15, -0.1) is 0 Å². The summed E-state index contributed by atoms with van der Waals surface area (Å²) in [5.41, 5.74) is 3.63. The van der Waals surface area contributed by atoms with Gasteiger partial charge in [-0.05, 0) is 72.9 Å². The van der Waals surface area contributed by atoms with E-state index in [0.29, 0.717) is 12.0 Å². The lowest BCUT2D eigenvalue weighted by Crippen LogP contribution is -2.17. The Kier molecular flexibility index (Phi) is 5.82. The molecule has 3 aromatic rings. The van der Waals surface area contributed by atoms with Crippen molar-refractivity contribution in [3.8, 4) is 0 Å². The monoisotopic (exact) mass is 346 g/mol. The molecule has 2 unspecified atom stereocenters. The van der Waals surface area contributed by atoms with Gasteiger partial charge in [-0.3, -0.25) is 0 Å². The topological polar surface area (TPSA) is 24.1 Å². The fourth-order valence-corrected chi connectivity index (χ4v) is 3.52. The Morgan fingerprint density at radius 2 is 1.31 bits per heavy atom. The lowest BCUT2D eigenvalue weighted by Gasteiger charge is -2.19. The summed E-state index contributed by atoms with van der Waals surface area (Å²) in [5, 5.41) is 9.76. The first-order chi connectivity index (χ1) is 12.5. The zero-order valence-corrected chi connectivity index (χ0v) is 16.3. The Bertz CT molecular complexity index is 836. The van der Waals surface area contributed by atoms with E-state index in [1.807, 2.05) is 0 Å². The van der Waals surface area contributed by atoms with Gasteiger partial charge in [0.15, 0.2) is 0 Å². The number of nitrogens with one attached hydrogen (secondary N) is 2. The van der Waals surface area contributed by atoms with Gasteiger partial charge in [0.2, 0.25) is 0 Å². The Hall–Kier alpha value is -2.48. The van der Waals surface area contributed by atoms with Crippen molar-refractivity contribution in [1.29, 1.82) is 0 Å². The molecule has 2 heteroatoms. The largest absolute Gasteiger partial charge is 0.383 e. The Labute approximate surface area is 157 Å². The van der Waals surface area contributed by atoms with Crippen LogP contribution in [0.1, 0.15) is 45.7 Å². The van der Waals surface area contributed by atoms with Crippen LogP contribution in [0.3, 0.4) is 0 Å². The molecule has 0 bridgehead atoms. The standard InChI is InChI=1S/C24H30N2/c1-17(2)15-18(3)25-23-11-13-24(14-12-23)26-19(4)21-10-9-20-7-5-6-8-22(20)16-21/h5-14,16-19,25-26H,15H2,1-4H3. The molecule has 0 aliphatic heterocycles. The van der Waals surface area contributed by atoms with E-state index >= 15 is 0 Å². The molecule has 2 nitrogen and oxygen atoms in total.